The highest BCUT2D eigenvalue weighted by Crippen LogP contribution is 2.30. The van der Waals surface area contributed by atoms with E-state index in [1.165, 1.54) is 4.88 Å². The molecule has 1 aliphatic carbocycles. The molecule has 0 radical (unpaired) electrons. The number of nitrogens with two attached hydrogens (primary N) is 1. The summed E-state index contributed by atoms with van der Waals surface area (Å²) in [4.78, 5) is 3.81. The Balaban J connectivity index is 1.84. The van der Waals surface area contributed by atoms with Gasteiger partial charge in [-0.25, -0.2) is 0 Å². The second-order valence-electron chi connectivity index (χ2n) is 5.15. The van der Waals surface area contributed by atoms with E-state index in [1.54, 1.807) is 0 Å². The topological polar surface area (TPSA) is 49.5 Å². The number of hydrogen-bond acceptors (Lipinski definition) is 4. The van der Waals surface area contributed by atoms with E-state index in [-0.39, 0.29) is 0 Å². The summed E-state index contributed by atoms with van der Waals surface area (Å²) in [7, 11) is 2.18. The van der Waals surface area contributed by atoms with Gasteiger partial charge in [0.1, 0.15) is 0 Å². The minimum absolute atomic E-state index is 0.397. The van der Waals surface area contributed by atoms with Gasteiger partial charge in [0.15, 0.2) is 0 Å². The first-order valence-corrected chi connectivity index (χ1v) is 7.16. The number of nitrogens with zero attached hydrogens (tertiary/aromatic N) is 1. The maximum Gasteiger partial charge on any atom is 0.0770 e. The van der Waals surface area contributed by atoms with Crippen LogP contribution >= 0.6 is 11.3 Å². The van der Waals surface area contributed by atoms with Crippen molar-refractivity contribution < 1.29 is 5.11 Å². The molecule has 0 unspecified atom stereocenters. The van der Waals surface area contributed by atoms with Crippen LogP contribution in [0, 0.1) is 0 Å². The van der Waals surface area contributed by atoms with E-state index in [0.29, 0.717) is 12.6 Å². The standard InChI is InChI=1S/C13H22N2OS/c1-15(9-12-3-2-8-17-12)11-4-6-13(16,10-14)7-5-11/h2-3,8,11,16H,4-7,9-10,14H2,1H3. The van der Waals surface area contributed by atoms with Gasteiger partial charge >= 0.3 is 0 Å². The third-order valence-electron chi connectivity index (χ3n) is 3.87. The molecule has 0 spiro atoms. The lowest BCUT2D eigenvalue weighted by atomic mass is 9.82. The lowest BCUT2D eigenvalue weighted by molar-refractivity contribution is -0.0103. The van der Waals surface area contributed by atoms with Crippen molar-refractivity contribution in [1.82, 2.24) is 4.90 Å². The molecule has 0 saturated heterocycles. The average Bonchev–Trinajstić information content (AvgIpc) is 2.83. The summed E-state index contributed by atoms with van der Waals surface area (Å²) in [6.07, 6.45) is 3.77. The van der Waals surface area contributed by atoms with Crippen LogP contribution in [-0.4, -0.2) is 35.2 Å². The van der Waals surface area contributed by atoms with E-state index in [1.807, 2.05) is 11.3 Å². The fourth-order valence-electron chi connectivity index (χ4n) is 2.56. The highest BCUT2D eigenvalue weighted by atomic mass is 32.1. The first-order chi connectivity index (χ1) is 8.13. The highest BCUT2D eigenvalue weighted by Gasteiger charge is 2.33. The van der Waals surface area contributed by atoms with Crippen LogP contribution in [0.15, 0.2) is 17.5 Å². The van der Waals surface area contributed by atoms with Crippen LogP contribution in [-0.2, 0) is 6.54 Å². The minimum atomic E-state index is -0.597. The molecule has 1 aromatic rings. The van der Waals surface area contributed by atoms with Gasteiger partial charge in [-0.15, -0.1) is 11.3 Å². The maximum atomic E-state index is 10.1. The molecule has 0 atom stereocenters. The molecular weight excluding hydrogens is 232 g/mol. The van der Waals surface area contributed by atoms with E-state index < -0.39 is 5.60 Å². The van der Waals surface area contributed by atoms with Crippen LogP contribution in [0.2, 0.25) is 0 Å². The largest absolute Gasteiger partial charge is 0.389 e. The zero-order chi connectivity index (χ0) is 12.3. The molecule has 1 saturated carbocycles. The first kappa shape index (κ1) is 13.0. The number of rotatable bonds is 4. The lowest BCUT2D eigenvalue weighted by Gasteiger charge is -2.38. The van der Waals surface area contributed by atoms with Gasteiger partial charge < -0.3 is 10.8 Å². The van der Waals surface area contributed by atoms with E-state index in [4.69, 9.17) is 5.73 Å². The molecule has 3 nitrogen and oxygen atoms in total. The smallest absolute Gasteiger partial charge is 0.0770 e. The Bertz CT molecular complexity index is 331. The van der Waals surface area contributed by atoms with Crippen molar-refractivity contribution in [2.24, 2.45) is 5.73 Å². The number of thiophene rings is 1. The second kappa shape index (κ2) is 5.48. The fourth-order valence-corrected chi connectivity index (χ4v) is 3.33. The van der Waals surface area contributed by atoms with Gasteiger partial charge in [-0.2, -0.15) is 0 Å². The molecular formula is C13H22N2OS. The molecule has 1 fully saturated rings. The van der Waals surface area contributed by atoms with Crippen molar-refractivity contribution >= 4 is 11.3 Å². The Morgan fingerprint density at radius 2 is 2.24 bits per heavy atom. The average molecular weight is 254 g/mol. The summed E-state index contributed by atoms with van der Waals surface area (Å²) in [6.45, 7) is 1.41. The van der Waals surface area contributed by atoms with E-state index in [2.05, 4.69) is 29.5 Å². The van der Waals surface area contributed by atoms with Gasteiger partial charge in [0.05, 0.1) is 5.60 Å². The minimum Gasteiger partial charge on any atom is -0.389 e. The van der Waals surface area contributed by atoms with Gasteiger partial charge in [-0.3, -0.25) is 4.90 Å². The van der Waals surface area contributed by atoms with Crippen LogP contribution in [0.3, 0.4) is 0 Å². The van der Waals surface area contributed by atoms with Crippen molar-refractivity contribution in [2.45, 2.75) is 43.9 Å². The van der Waals surface area contributed by atoms with Gasteiger partial charge in [0.2, 0.25) is 0 Å². The Morgan fingerprint density at radius 1 is 1.53 bits per heavy atom. The first-order valence-electron chi connectivity index (χ1n) is 6.28. The molecule has 0 amide bonds. The summed E-state index contributed by atoms with van der Waals surface area (Å²) < 4.78 is 0. The third-order valence-corrected chi connectivity index (χ3v) is 4.74. The SMILES string of the molecule is CN(Cc1cccs1)C1CCC(O)(CN)CC1. The van der Waals surface area contributed by atoms with Gasteiger partial charge in [0.25, 0.3) is 0 Å². The lowest BCUT2D eigenvalue weighted by Crippen LogP contribution is -2.45. The molecule has 0 aliphatic heterocycles. The predicted molar refractivity (Wildman–Crippen MR) is 72.0 cm³/mol. The Kier molecular flexibility index (Phi) is 4.20. The monoisotopic (exact) mass is 254 g/mol. The molecule has 1 heterocycles. The molecule has 3 N–H and O–H groups in total. The molecule has 2 rings (SSSR count). The summed E-state index contributed by atoms with van der Waals surface area (Å²) in [5.74, 6) is 0. The van der Waals surface area contributed by atoms with Crippen LogP contribution in [0.4, 0.5) is 0 Å². The molecule has 0 bridgehead atoms. The van der Waals surface area contributed by atoms with Crippen LogP contribution < -0.4 is 5.73 Å². The fraction of sp³-hybridized carbons (Fsp3) is 0.692. The Hall–Kier alpha value is -0.420. The van der Waals surface area contributed by atoms with Crippen LogP contribution in [0.1, 0.15) is 30.6 Å². The van der Waals surface area contributed by atoms with Gasteiger partial charge in [-0.05, 0) is 44.2 Å². The second-order valence-corrected chi connectivity index (χ2v) is 6.19. The maximum absolute atomic E-state index is 10.1. The number of aliphatic hydroxyl groups is 1. The van der Waals surface area contributed by atoms with Gasteiger partial charge in [0, 0.05) is 24.0 Å². The quantitative estimate of drug-likeness (QED) is 0.861. The van der Waals surface area contributed by atoms with Crippen molar-refractivity contribution in [3.05, 3.63) is 22.4 Å². The third kappa shape index (κ3) is 3.28. The van der Waals surface area contributed by atoms with E-state index >= 15 is 0 Å². The highest BCUT2D eigenvalue weighted by molar-refractivity contribution is 7.09. The molecule has 1 aromatic heterocycles. The van der Waals surface area contributed by atoms with Crippen molar-refractivity contribution in [3.8, 4) is 0 Å². The van der Waals surface area contributed by atoms with Crippen molar-refractivity contribution in [2.75, 3.05) is 13.6 Å². The number of hydrogen-bond donors (Lipinski definition) is 2. The zero-order valence-corrected chi connectivity index (χ0v) is 11.2. The summed E-state index contributed by atoms with van der Waals surface area (Å²) in [5.41, 5.74) is 5.01. The Labute approximate surface area is 107 Å². The summed E-state index contributed by atoms with van der Waals surface area (Å²) in [6, 6.07) is 4.87. The molecule has 17 heavy (non-hydrogen) atoms. The predicted octanol–water partition coefficient (Wildman–Crippen LogP) is 1.81. The summed E-state index contributed by atoms with van der Waals surface area (Å²) >= 11 is 1.81. The van der Waals surface area contributed by atoms with Crippen LogP contribution in [0.5, 0.6) is 0 Å². The Morgan fingerprint density at radius 3 is 2.76 bits per heavy atom. The molecule has 96 valence electrons. The van der Waals surface area contributed by atoms with Crippen molar-refractivity contribution in [1.29, 1.82) is 0 Å². The van der Waals surface area contributed by atoms with Crippen molar-refractivity contribution in [3.63, 3.8) is 0 Å². The molecule has 4 heteroatoms. The summed E-state index contributed by atoms with van der Waals surface area (Å²) in [5, 5.41) is 12.2. The molecule has 1 aliphatic rings. The zero-order valence-electron chi connectivity index (χ0n) is 10.4. The van der Waals surface area contributed by atoms with Gasteiger partial charge in [-0.1, -0.05) is 6.07 Å². The molecule has 0 aromatic carbocycles. The van der Waals surface area contributed by atoms with E-state index in [9.17, 15) is 5.11 Å². The normalized spacial score (nSPS) is 29.8. The van der Waals surface area contributed by atoms with Crippen LogP contribution in [0.25, 0.3) is 0 Å². The van der Waals surface area contributed by atoms with E-state index in [0.717, 1.165) is 32.2 Å².